The van der Waals surface area contributed by atoms with Crippen molar-refractivity contribution in [3.8, 4) is 11.6 Å². The van der Waals surface area contributed by atoms with Crippen LogP contribution < -0.4 is 4.74 Å². The highest BCUT2D eigenvalue weighted by Gasteiger charge is 2.13. The van der Waals surface area contributed by atoms with Crippen molar-refractivity contribution in [2.45, 2.75) is 11.8 Å². The second-order valence-electron chi connectivity index (χ2n) is 3.84. The van der Waals surface area contributed by atoms with Crippen molar-refractivity contribution in [1.29, 1.82) is 0 Å². The van der Waals surface area contributed by atoms with Crippen LogP contribution in [0.15, 0.2) is 33.8 Å². The van der Waals surface area contributed by atoms with Gasteiger partial charge in [-0.1, -0.05) is 39.1 Å². The van der Waals surface area contributed by atoms with Crippen LogP contribution in [0.2, 0.25) is 10.0 Å². The third-order valence-electron chi connectivity index (χ3n) is 2.39. The molecule has 2 rings (SSSR count). The van der Waals surface area contributed by atoms with Gasteiger partial charge in [0.15, 0.2) is 16.8 Å². The SMILES string of the molecule is Cc1cnc(Oc2c(Cl)cc(Br)cc2Cl)cc1S(=O)O. The Balaban J connectivity index is 2.41. The van der Waals surface area contributed by atoms with Gasteiger partial charge in [0.05, 0.1) is 14.9 Å². The predicted molar refractivity (Wildman–Crippen MR) is 82.2 cm³/mol. The molecule has 106 valence electrons. The van der Waals surface area contributed by atoms with Crippen molar-refractivity contribution >= 4 is 50.2 Å². The predicted octanol–water partition coefficient (Wildman–Crippen LogP) is 4.83. The Bertz CT molecular complexity index is 673. The number of hydrogen-bond acceptors (Lipinski definition) is 3. The van der Waals surface area contributed by atoms with Gasteiger partial charge in [-0.3, -0.25) is 0 Å². The van der Waals surface area contributed by atoms with Gasteiger partial charge in [-0.25, -0.2) is 9.19 Å². The second kappa shape index (κ2) is 6.41. The first kappa shape index (κ1) is 15.7. The van der Waals surface area contributed by atoms with Gasteiger partial charge in [0.25, 0.3) is 0 Å². The summed E-state index contributed by atoms with van der Waals surface area (Å²) in [6.07, 6.45) is 1.44. The van der Waals surface area contributed by atoms with Crippen LogP contribution in [-0.4, -0.2) is 13.7 Å². The summed E-state index contributed by atoms with van der Waals surface area (Å²) in [4.78, 5) is 4.25. The fourth-order valence-corrected chi connectivity index (χ4v) is 3.28. The molecule has 4 nitrogen and oxygen atoms in total. The van der Waals surface area contributed by atoms with E-state index in [1.54, 1.807) is 19.1 Å². The van der Waals surface area contributed by atoms with Crippen LogP contribution in [0.25, 0.3) is 0 Å². The summed E-state index contributed by atoms with van der Waals surface area (Å²) in [5.74, 6) is 0.377. The number of hydrogen-bond donors (Lipinski definition) is 1. The molecule has 0 amide bonds. The Hall–Kier alpha value is -0.660. The number of pyridine rings is 1. The molecule has 1 unspecified atom stereocenters. The number of aromatic nitrogens is 1. The average Bonchev–Trinajstić information content (AvgIpc) is 2.35. The molecular weight excluding hydrogens is 389 g/mol. The molecule has 0 bridgehead atoms. The molecule has 0 spiro atoms. The Morgan fingerprint density at radius 1 is 1.30 bits per heavy atom. The molecular formula is C12H8BrCl2NO3S. The molecule has 0 radical (unpaired) electrons. The van der Waals surface area contributed by atoms with Crippen molar-refractivity contribution in [2.75, 3.05) is 0 Å². The molecule has 1 atom stereocenters. The van der Waals surface area contributed by atoms with Gasteiger partial charge in [0, 0.05) is 16.7 Å². The van der Waals surface area contributed by atoms with Gasteiger partial charge in [0.1, 0.15) is 0 Å². The minimum Gasteiger partial charge on any atom is -0.436 e. The zero-order valence-electron chi connectivity index (χ0n) is 10.1. The van der Waals surface area contributed by atoms with Gasteiger partial charge in [0.2, 0.25) is 5.88 Å². The smallest absolute Gasteiger partial charge is 0.220 e. The highest BCUT2D eigenvalue weighted by Crippen LogP contribution is 2.38. The Labute approximate surface area is 136 Å². The maximum absolute atomic E-state index is 11.2. The maximum Gasteiger partial charge on any atom is 0.220 e. The number of aryl methyl sites for hydroxylation is 1. The van der Waals surface area contributed by atoms with Crippen LogP contribution in [0.1, 0.15) is 5.56 Å². The Morgan fingerprint density at radius 2 is 1.90 bits per heavy atom. The van der Waals surface area contributed by atoms with E-state index in [1.165, 1.54) is 12.3 Å². The summed E-state index contributed by atoms with van der Waals surface area (Å²) in [5.41, 5.74) is 0.589. The average molecular weight is 397 g/mol. The normalized spacial score (nSPS) is 12.2. The highest BCUT2D eigenvalue weighted by atomic mass is 79.9. The number of ether oxygens (including phenoxy) is 1. The van der Waals surface area contributed by atoms with Crippen LogP contribution >= 0.6 is 39.1 Å². The van der Waals surface area contributed by atoms with Crippen LogP contribution in [0.4, 0.5) is 0 Å². The molecule has 1 N–H and O–H groups in total. The van der Waals surface area contributed by atoms with Gasteiger partial charge >= 0.3 is 0 Å². The lowest BCUT2D eigenvalue weighted by Gasteiger charge is -2.10. The van der Waals surface area contributed by atoms with E-state index in [0.29, 0.717) is 20.1 Å². The zero-order valence-corrected chi connectivity index (χ0v) is 14.0. The van der Waals surface area contributed by atoms with Gasteiger partial charge < -0.3 is 9.29 Å². The van der Waals surface area contributed by atoms with Crippen LogP contribution in [0.3, 0.4) is 0 Å². The van der Waals surface area contributed by atoms with Crippen LogP contribution in [0.5, 0.6) is 11.6 Å². The molecule has 1 heterocycles. The first-order valence-electron chi connectivity index (χ1n) is 5.28. The summed E-state index contributed by atoms with van der Waals surface area (Å²) in [6.45, 7) is 1.68. The van der Waals surface area contributed by atoms with E-state index in [-0.39, 0.29) is 16.5 Å². The van der Waals surface area contributed by atoms with Crippen molar-refractivity contribution in [1.82, 2.24) is 4.98 Å². The summed E-state index contributed by atoms with van der Waals surface area (Å²) < 4.78 is 26.6. The van der Waals surface area contributed by atoms with Crippen LogP contribution in [0, 0.1) is 6.92 Å². The minimum atomic E-state index is -2.12. The molecule has 0 saturated heterocycles. The van der Waals surface area contributed by atoms with E-state index < -0.39 is 11.1 Å². The highest BCUT2D eigenvalue weighted by molar-refractivity contribution is 9.10. The van der Waals surface area contributed by atoms with E-state index in [4.69, 9.17) is 27.9 Å². The summed E-state index contributed by atoms with van der Waals surface area (Å²) >= 11 is 13.2. The van der Waals surface area contributed by atoms with Gasteiger partial charge in [-0.05, 0) is 24.6 Å². The standard InChI is InChI=1S/C12H8BrCl2NO3S/c1-6-5-16-11(4-10(6)20(17)18)19-12-8(14)2-7(13)3-9(12)15/h2-5H,1H3,(H,17,18). The maximum atomic E-state index is 11.2. The van der Waals surface area contributed by atoms with Crippen LogP contribution in [-0.2, 0) is 11.1 Å². The third kappa shape index (κ3) is 3.51. The number of benzene rings is 1. The molecule has 0 saturated carbocycles. The Morgan fingerprint density at radius 3 is 2.45 bits per heavy atom. The molecule has 8 heteroatoms. The molecule has 20 heavy (non-hydrogen) atoms. The third-order valence-corrected chi connectivity index (χ3v) is 4.22. The van der Waals surface area contributed by atoms with Crippen molar-refractivity contribution in [3.63, 3.8) is 0 Å². The molecule has 0 aliphatic rings. The lowest BCUT2D eigenvalue weighted by molar-refractivity contribution is 0.460. The first-order valence-corrected chi connectivity index (χ1v) is 7.94. The van der Waals surface area contributed by atoms with Crippen molar-refractivity contribution in [3.05, 3.63) is 44.5 Å². The number of nitrogens with zero attached hydrogens (tertiary/aromatic N) is 1. The van der Waals surface area contributed by atoms with E-state index >= 15 is 0 Å². The number of halogens is 3. The molecule has 0 aliphatic heterocycles. The zero-order chi connectivity index (χ0) is 14.9. The van der Waals surface area contributed by atoms with Gasteiger partial charge in [-0.15, -0.1) is 0 Å². The second-order valence-corrected chi connectivity index (χ2v) is 6.51. The van der Waals surface area contributed by atoms with Gasteiger partial charge in [-0.2, -0.15) is 0 Å². The molecule has 1 aromatic heterocycles. The largest absolute Gasteiger partial charge is 0.436 e. The molecule has 1 aromatic carbocycles. The van der Waals surface area contributed by atoms with Crippen molar-refractivity contribution < 1.29 is 13.5 Å². The molecule has 0 fully saturated rings. The Kier molecular flexibility index (Phi) is 5.04. The van der Waals surface area contributed by atoms with E-state index in [0.717, 1.165) is 0 Å². The van der Waals surface area contributed by atoms with E-state index in [1.807, 2.05) is 0 Å². The van der Waals surface area contributed by atoms with Crippen molar-refractivity contribution in [2.24, 2.45) is 0 Å². The summed E-state index contributed by atoms with van der Waals surface area (Å²) in [6, 6.07) is 4.63. The fraction of sp³-hybridized carbons (Fsp3) is 0.0833. The topological polar surface area (TPSA) is 59.4 Å². The minimum absolute atomic E-state index is 0.138. The van der Waals surface area contributed by atoms with E-state index in [2.05, 4.69) is 20.9 Å². The first-order chi connectivity index (χ1) is 9.38. The summed E-state index contributed by atoms with van der Waals surface area (Å²) in [5, 5.41) is 0.608. The van der Waals surface area contributed by atoms with E-state index in [9.17, 15) is 8.76 Å². The quantitative estimate of drug-likeness (QED) is 0.754. The summed E-state index contributed by atoms with van der Waals surface area (Å²) in [7, 11) is 0. The molecule has 0 aliphatic carbocycles. The number of rotatable bonds is 3. The fourth-order valence-electron chi connectivity index (χ4n) is 1.46. The monoisotopic (exact) mass is 395 g/mol. The molecule has 2 aromatic rings. The lowest BCUT2D eigenvalue weighted by Crippen LogP contribution is -1.97. The lowest BCUT2D eigenvalue weighted by atomic mass is 10.3.